The average molecular weight is 182 g/mol. The van der Waals surface area contributed by atoms with Crippen LogP contribution in [0.1, 0.15) is 0 Å². The molecule has 1 aromatic heterocycles. The second-order valence-corrected chi connectivity index (χ2v) is 2.47. The predicted molar refractivity (Wildman–Crippen MR) is 45.4 cm³/mol. The molecule has 1 aromatic rings. The zero-order chi connectivity index (χ0) is 9.84. The first kappa shape index (κ1) is 9.17. The molecule has 0 saturated heterocycles. The van der Waals surface area contributed by atoms with Crippen LogP contribution in [0.5, 0.6) is 0 Å². The fourth-order valence-corrected chi connectivity index (χ4v) is 0.671. The van der Waals surface area contributed by atoms with Crippen molar-refractivity contribution in [2.45, 2.75) is 0 Å². The Bertz CT molecular complexity index is 328. The van der Waals surface area contributed by atoms with Crippen LogP contribution in [0.15, 0.2) is 22.7 Å². The van der Waals surface area contributed by atoms with Crippen molar-refractivity contribution in [3.63, 3.8) is 0 Å². The lowest BCUT2D eigenvalue weighted by Gasteiger charge is -2.00. The number of hydrogen-bond donors (Lipinski definition) is 1. The maximum absolute atomic E-state index is 10.8. The first-order valence-electron chi connectivity index (χ1n) is 3.53. The van der Waals surface area contributed by atoms with Crippen molar-refractivity contribution in [1.29, 1.82) is 0 Å². The van der Waals surface area contributed by atoms with E-state index in [0.29, 0.717) is 0 Å². The number of nitrogens with two attached hydrogens (primary N) is 1. The molecule has 0 bridgehead atoms. The molecule has 1 heterocycles. The van der Waals surface area contributed by atoms with Crippen LogP contribution < -0.4 is 5.73 Å². The average Bonchev–Trinajstić information content (AvgIpc) is 2.47. The summed E-state index contributed by atoms with van der Waals surface area (Å²) in [5, 5.41) is 8.85. The Morgan fingerprint density at radius 2 is 2.38 bits per heavy atom. The highest BCUT2D eigenvalue weighted by atomic mass is 16.2. The van der Waals surface area contributed by atoms with E-state index in [4.69, 9.17) is 5.73 Å². The lowest BCUT2D eigenvalue weighted by Crippen LogP contribution is -2.18. The number of nitrogens with zero attached hydrogens (tertiary/aromatic N) is 5. The fraction of sp³-hybridized carbons (Fsp3) is 0.333. The minimum absolute atomic E-state index is 0.168. The molecular weight excluding hydrogens is 172 g/mol. The minimum Gasteiger partial charge on any atom is -0.351 e. The summed E-state index contributed by atoms with van der Waals surface area (Å²) in [6, 6.07) is -0.634. The molecule has 7 heteroatoms. The first-order valence-corrected chi connectivity index (χ1v) is 3.53. The smallest absolute Gasteiger partial charge is 0.325 e. The van der Waals surface area contributed by atoms with Gasteiger partial charge in [0, 0.05) is 26.5 Å². The zero-order valence-corrected chi connectivity index (χ0v) is 7.38. The molecule has 0 saturated carbocycles. The van der Waals surface area contributed by atoms with Gasteiger partial charge in [-0.05, 0) is 0 Å². The number of carbonyl (C=O) groups is 1. The summed E-state index contributed by atoms with van der Waals surface area (Å²) in [6.07, 6.45) is 2.85. The van der Waals surface area contributed by atoms with Gasteiger partial charge in [-0.25, -0.2) is 14.3 Å². The maximum Gasteiger partial charge on any atom is 0.325 e. The molecule has 70 valence electrons. The first-order chi connectivity index (χ1) is 6.11. The summed E-state index contributed by atoms with van der Waals surface area (Å²) < 4.78 is 1.10. The lowest BCUT2D eigenvalue weighted by atomic mass is 10.8. The molecule has 0 fully saturated rings. The monoisotopic (exact) mass is 182 g/mol. The number of carbonyl (C=O) groups excluding carboxylic acids is 1. The van der Waals surface area contributed by atoms with Crippen LogP contribution in [-0.2, 0) is 0 Å². The highest BCUT2D eigenvalue weighted by Crippen LogP contribution is 2.07. The number of amides is 1. The van der Waals surface area contributed by atoms with E-state index in [9.17, 15) is 4.79 Å². The van der Waals surface area contributed by atoms with Crippen molar-refractivity contribution in [3.8, 4) is 0 Å². The molecular formula is C6H10N6O. The van der Waals surface area contributed by atoms with Crippen molar-refractivity contribution in [1.82, 2.24) is 14.6 Å². The molecule has 0 radical (unpaired) electrons. The number of hydrogen-bond acceptors (Lipinski definition) is 4. The van der Waals surface area contributed by atoms with Gasteiger partial charge in [0.2, 0.25) is 0 Å². The summed E-state index contributed by atoms with van der Waals surface area (Å²) in [6.45, 7) is 0. The van der Waals surface area contributed by atoms with Gasteiger partial charge in [0.05, 0.1) is 0 Å². The number of rotatable bonds is 2. The highest BCUT2D eigenvalue weighted by molar-refractivity contribution is 5.77. The van der Waals surface area contributed by atoms with Gasteiger partial charge in [-0.2, -0.15) is 0 Å². The lowest BCUT2D eigenvalue weighted by molar-refractivity contribution is 0.250. The largest absolute Gasteiger partial charge is 0.351 e. The highest BCUT2D eigenvalue weighted by Gasteiger charge is 2.04. The Morgan fingerprint density at radius 1 is 1.69 bits per heavy atom. The van der Waals surface area contributed by atoms with Crippen LogP contribution >= 0.6 is 0 Å². The molecule has 0 atom stereocenters. The van der Waals surface area contributed by atoms with Gasteiger partial charge in [0.1, 0.15) is 0 Å². The standard InChI is InChI=1S/C6H10N6O/c1-11(2)10-9-6-8-3-4-12(6)5(7)13/h3-4H,1-2H3,(H2,7,13)/b10-9+. The van der Waals surface area contributed by atoms with Gasteiger partial charge in [-0.1, -0.05) is 10.3 Å². The van der Waals surface area contributed by atoms with E-state index < -0.39 is 6.03 Å². The third-order valence-electron chi connectivity index (χ3n) is 1.17. The van der Waals surface area contributed by atoms with E-state index in [1.807, 2.05) is 0 Å². The zero-order valence-electron chi connectivity index (χ0n) is 7.38. The fourth-order valence-electron chi connectivity index (χ4n) is 0.671. The molecule has 0 aliphatic rings. The molecule has 2 N–H and O–H groups in total. The normalized spacial score (nSPS) is 10.6. The van der Waals surface area contributed by atoms with Crippen molar-refractivity contribution >= 4 is 12.0 Å². The van der Waals surface area contributed by atoms with Gasteiger partial charge in [0.25, 0.3) is 5.95 Å². The van der Waals surface area contributed by atoms with Gasteiger partial charge < -0.3 is 5.73 Å². The molecule has 13 heavy (non-hydrogen) atoms. The van der Waals surface area contributed by atoms with E-state index in [1.165, 1.54) is 17.4 Å². The second kappa shape index (κ2) is 3.65. The van der Waals surface area contributed by atoms with E-state index in [-0.39, 0.29) is 5.95 Å². The summed E-state index contributed by atoms with van der Waals surface area (Å²) in [4.78, 5) is 14.5. The molecule has 0 spiro atoms. The van der Waals surface area contributed by atoms with Crippen molar-refractivity contribution in [2.24, 2.45) is 16.1 Å². The Labute approximate surface area is 74.8 Å². The molecule has 1 rings (SSSR count). The molecule has 0 unspecified atom stereocenters. The molecule has 7 nitrogen and oxygen atoms in total. The SMILES string of the molecule is CN(C)/N=N/c1nccn1C(N)=O. The topological polar surface area (TPSA) is 88.9 Å². The van der Waals surface area contributed by atoms with Crippen LogP contribution in [-0.4, -0.2) is 34.7 Å². The summed E-state index contributed by atoms with van der Waals surface area (Å²) in [7, 11) is 3.42. The van der Waals surface area contributed by atoms with E-state index in [1.54, 1.807) is 14.1 Å². The number of primary amides is 1. The van der Waals surface area contributed by atoms with Crippen LogP contribution in [0.2, 0.25) is 0 Å². The third-order valence-corrected chi connectivity index (χ3v) is 1.17. The van der Waals surface area contributed by atoms with Crippen molar-refractivity contribution in [3.05, 3.63) is 12.4 Å². The number of imidazole rings is 1. The van der Waals surface area contributed by atoms with Gasteiger partial charge >= 0.3 is 6.03 Å². The summed E-state index contributed by atoms with van der Waals surface area (Å²) in [5.41, 5.74) is 5.03. The third kappa shape index (κ3) is 2.26. The predicted octanol–water partition coefficient (Wildman–Crippen LogP) is 0.370. The quantitative estimate of drug-likeness (QED) is 0.529. The Balaban J connectivity index is 2.88. The second-order valence-electron chi connectivity index (χ2n) is 2.47. The van der Waals surface area contributed by atoms with Crippen LogP contribution in [0.4, 0.5) is 10.7 Å². The minimum atomic E-state index is -0.634. The Hall–Kier alpha value is -1.92. The summed E-state index contributed by atoms with van der Waals surface area (Å²) >= 11 is 0. The molecule has 0 aliphatic carbocycles. The van der Waals surface area contributed by atoms with E-state index in [0.717, 1.165) is 4.57 Å². The number of aromatic nitrogens is 2. The van der Waals surface area contributed by atoms with Gasteiger partial charge in [-0.15, -0.1) is 0 Å². The van der Waals surface area contributed by atoms with Crippen molar-refractivity contribution < 1.29 is 4.79 Å². The van der Waals surface area contributed by atoms with Crippen LogP contribution in [0.3, 0.4) is 0 Å². The van der Waals surface area contributed by atoms with Gasteiger partial charge in [0.15, 0.2) is 0 Å². The van der Waals surface area contributed by atoms with E-state index >= 15 is 0 Å². The van der Waals surface area contributed by atoms with E-state index in [2.05, 4.69) is 15.3 Å². The van der Waals surface area contributed by atoms with Crippen LogP contribution in [0.25, 0.3) is 0 Å². The van der Waals surface area contributed by atoms with Crippen LogP contribution in [0, 0.1) is 0 Å². The van der Waals surface area contributed by atoms with Crippen molar-refractivity contribution in [2.75, 3.05) is 14.1 Å². The maximum atomic E-state index is 10.8. The summed E-state index contributed by atoms with van der Waals surface area (Å²) in [5.74, 6) is 0.168. The Morgan fingerprint density at radius 3 is 2.92 bits per heavy atom. The molecule has 1 amide bonds. The van der Waals surface area contributed by atoms with Gasteiger partial charge in [-0.3, -0.25) is 5.01 Å². The molecule has 0 aliphatic heterocycles. The molecule has 0 aromatic carbocycles. The Kier molecular flexibility index (Phi) is 2.58.